The van der Waals surface area contributed by atoms with E-state index in [0.717, 1.165) is 38.5 Å². The van der Waals surface area contributed by atoms with Gasteiger partial charge in [0.05, 0.1) is 0 Å². The molecule has 0 bridgehead atoms. The summed E-state index contributed by atoms with van der Waals surface area (Å²) in [6.07, 6.45) is 13.9. The fourth-order valence-corrected chi connectivity index (χ4v) is 7.27. The molecule has 0 heteroatoms. The van der Waals surface area contributed by atoms with Crippen molar-refractivity contribution in [1.29, 1.82) is 0 Å². The first-order valence-electron chi connectivity index (χ1n) is 14.1. The van der Waals surface area contributed by atoms with Crippen LogP contribution in [0, 0.1) is 17.8 Å². The topological polar surface area (TPSA) is 0 Å². The summed E-state index contributed by atoms with van der Waals surface area (Å²) in [5.41, 5.74) is 14.4. The number of aryl methyl sites for hydroxylation is 2. The van der Waals surface area contributed by atoms with Crippen LogP contribution < -0.4 is 0 Å². The van der Waals surface area contributed by atoms with Gasteiger partial charge in [0.15, 0.2) is 0 Å². The largest absolute Gasteiger partial charge is 0.0995 e. The summed E-state index contributed by atoms with van der Waals surface area (Å²) in [5.74, 6) is 1.74. The maximum atomic E-state index is 4.77. The van der Waals surface area contributed by atoms with Crippen LogP contribution in [-0.2, 0) is 19.3 Å². The number of fused-ring (bicyclic) bond motifs is 2. The summed E-state index contributed by atoms with van der Waals surface area (Å²) < 4.78 is 0. The lowest BCUT2D eigenvalue weighted by molar-refractivity contribution is 0.322. The van der Waals surface area contributed by atoms with Crippen LogP contribution in [0.4, 0.5) is 0 Å². The summed E-state index contributed by atoms with van der Waals surface area (Å²) in [5, 5.41) is 0. The van der Waals surface area contributed by atoms with Gasteiger partial charge >= 0.3 is 0 Å². The van der Waals surface area contributed by atoms with Gasteiger partial charge in [-0.3, -0.25) is 0 Å². The molecule has 0 aliphatic heterocycles. The van der Waals surface area contributed by atoms with Gasteiger partial charge in [-0.1, -0.05) is 119 Å². The third kappa shape index (κ3) is 4.30. The summed E-state index contributed by atoms with van der Waals surface area (Å²) in [4.78, 5) is 0. The SMILES string of the molecule is C=C1/C(=C/C2=CCc3ccccc32)CC2=CC(C)C(C(=C)CCC)C(c3ccc(CC)c(CC)c3)C12. The first kappa shape index (κ1) is 24.8. The minimum atomic E-state index is 0.375. The van der Waals surface area contributed by atoms with Crippen LogP contribution in [0.1, 0.15) is 80.7 Å². The Hall–Kier alpha value is -2.86. The molecule has 4 atom stereocenters. The van der Waals surface area contributed by atoms with Gasteiger partial charge in [-0.2, -0.15) is 0 Å². The van der Waals surface area contributed by atoms with Gasteiger partial charge in [0.1, 0.15) is 0 Å². The maximum Gasteiger partial charge on any atom is 0.0123 e. The first-order valence-corrected chi connectivity index (χ1v) is 14.1. The fourth-order valence-electron chi connectivity index (χ4n) is 7.27. The molecule has 2 aromatic carbocycles. The number of hydrogen-bond donors (Lipinski definition) is 0. The summed E-state index contributed by atoms with van der Waals surface area (Å²) >= 11 is 0. The highest BCUT2D eigenvalue weighted by Crippen LogP contribution is 2.57. The monoisotopic (exact) mass is 474 g/mol. The summed E-state index contributed by atoms with van der Waals surface area (Å²) in [6.45, 7) is 18.7. The standard InChI is InChI=1S/C36H42/c1-7-12-23(4)34-24(5)19-32-22-31(21-29-17-16-28-13-10-11-14-33(28)29)25(6)35(32)36(34)30-18-15-26(8-2)27(9-3)20-30/h10-11,13-15,17-21,24,34-36H,4,6-9,12,16,22H2,1-3,5H3/b31-21+. The molecule has 0 nitrogen and oxygen atoms in total. The zero-order valence-electron chi connectivity index (χ0n) is 22.7. The highest BCUT2D eigenvalue weighted by atomic mass is 14.5. The zero-order valence-corrected chi connectivity index (χ0v) is 22.7. The van der Waals surface area contributed by atoms with Crippen LogP contribution in [0.2, 0.25) is 0 Å². The maximum absolute atomic E-state index is 4.77. The molecule has 0 heterocycles. The van der Waals surface area contributed by atoms with Crippen molar-refractivity contribution in [1.82, 2.24) is 0 Å². The summed E-state index contributed by atoms with van der Waals surface area (Å²) in [7, 11) is 0. The molecular weight excluding hydrogens is 432 g/mol. The lowest BCUT2D eigenvalue weighted by Gasteiger charge is -2.42. The lowest BCUT2D eigenvalue weighted by Crippen LogP contribution is -2.31. The molecule has 4 unspecified atom stereocenters. The second kappa shape index (κ2) is 10.3. The molecule has 0 saturated heterocycles. The van der Waals surface area contributed by atoms with Crippen molar-refractivity contribution in [3.05, 3.63) is 124 Å². The van der Waals surface area contributed by atoms with E-state index in [1.54, 1.807) is 5.57 Å². The average molecular weight is 475 g/mol. The smallest absolute Gasteiger partial charge is 0.0123 e. The number of allylic oxidation sites excluding steroid dienone is 8. The molecule has 2 aromatic rings. The van der Waals surface area contributed by atoms with Crippen LogP contribution in [0.5, 0.6) is 0 Å². The van der Waals surface area contributed by atoms with Crippen LogP contribution in [0.15, 0.2) is 96.1 Å². The van der Waals surface area contributed by atoms with Crippen LogP contribution in [-0.4, -0.2) is 0 Å². The quantitative estimate of drug-likeness (QED) is 0.350. The first-order chi connectivity index (χ1) is 17.5. The van der Waals surface area contributed by atoms with Crippen LogP contribution in [0.3, 0.4) is 0 Å². The van der Waals surface area contributed by atoms with E-state index < -0.39 is 0 Å². The van der Waals surface area contributed by atoms with Gasteiger partial charge < -0.3 is 0 Å². The van der Waals surface area contributed by atoms with Gasteiger partial charge in [-0.25, -0.2) is 0 Å². The van der Waals surface area contributed by atoms with Crippen molar-refractivity contribution in [2.45, 2.75) is 72.1 Å². The van der Waals surface area contributed by atoms with Crippen LogP contribution >= 0.6 is 0 Å². The molecule has 1 fully saturated rings. The minimum Gasteiger partial charge on any atom is -0.0995 e. The van der Waals surface area contributed by atoms with E-state index in [9.17, 15) is 0 Å². The van der Waals surface area contributed by atoms with Crippen molar-refractivity contribution in [2.75, 3.05) is 0 Å². The zero-order chi connectivity index (χ0) is 25.4. The Bertz CT molecular complexity index is 1280. The molecule has 3 aliphatic carbocycles. The van der Waals surface area contributed by atoms with E-state index in [-0.39, 0.29) is 0 Å². The number of benzene rings is 2. The molecule has 36 heavy (non-hydrogen) atoms. The lowest BCUT2D eigenvalue weighted by atomic mass is 9.62. The van der Waals surface area contributed by atoms with Crippen molar-refractivity contribution in [3.63, 3.8) is 0 Å². The Balaban J connectivity index is 1.57. The predicted octanol–water partition coefficient (Wildman–Crippen LogP) is 9.59. The average Bonchev–Trinajstić information content (AvgIpc) is 3.43. The van der Waals surface area contributed by atoms with Gasteiger partial charge in [0.2, 0.25) is 0 Å². The molecule has 0 amide bonds. The van der Waals surface area contributed by atoms with E-state index in [2.05, 4.69) is 95.0 Å². The van der Waals surface area contributed by atoms with Gasteiger partial charge in [0, 0.05) is 11.8 Å². The fraction of sp³-hybridized carbons (Fsp3) is 0.389. The molecule has 0 radical (unpaired) electrons. The third-order valence-electron chi connectivity index (χ3n) is 8.99. The predicted molar refractivity (Wildman–Crippen MR) is 156 cm³/mol. The van der Waals surface area contributed by atoms with Gasteiger partial charge in [0.25, 0.3) is 0 Å². The normalized spacial score (nSPS) is 26.0. The molecule has 3 aliphatic rings. The molecule has 186 valence electrons. The minimum absolute atomic E-state index is 0.375. The summed E-state index contributed by atoms with van der Waals surface area (Å²) in [6, 6.07) is 16.2. The molecule has 0 spiro atoms. The van der Waals surface area contributed by atoms with E-state index in [1.165, 1.54) is 50.1 Å². The second-order valence-electron chi connectivity index (χ2n) is 11.2. The van der Waals surface area contributed by atoms with E-state index in [0.29, 0.717) is 23.7 Å². The van der Waals surface area contributed by atoms with Crippen molar-refractivity contribution in [2.24, 2.45) is 17.8 Å². The highest BCUT2D eigenvalue weighted by Gasteiger charge is 2.45. The van der Waals surface area contributed by atoms with Crippen molar-refractivity contribution in [3.8, 4) is 0 Å². The van der Waals surface area contributed by atoms with Crippen LogP contribution in [0.25, 0.3) is 5.57 Å². The molecule has 0 N–H and O–H groups in total. The highest BCUT2D eigenvalue weighted by molar-refractivity contribution is 5.81. The van der Waals surface area contributed by atoms with Crippen molar-refractivity contribution >= 4 is 5.57 Å². The Labute approximate surface area is 219 Å². The molecule has 0 aromatic heterocycles. The molecular formula is C36H42. The van der Waals surface area contributed by atoms with E-state index in [4.69, 9.17) is 6.58 Å². The van der Waals surface area contributed by atoms with Crippen molar-refractivity contribution < 1.29 is 0 Å². The van der Waals surface area contributed by atoms with E-state index in [1.807, 2.05) is 0 Å². The number of rotatable bonds is 7. The molecule has 5 rings (SSSR count). The van der Waals surface area contributed by atoms with Gasteiger partial charge in [-0.05, 0) is 88.5 Å². The second-order valence-corrected chi connectivity index (χ2v) is 11.2. The molecule has 1 saturated carbocycles. The Kier molecular flexibility index (Phi) is 7.07. The van der Waals surface area contributed by atoms with Gasteiger partial charge in [-0.15, -0.1) is 0 Å². The Morgan fingerprint density at radius 2 is 1.81 bits per heavy atom. The number of hydrogen-bond acceptors (Lipinski definition) is 0. The third-order valence-corrected chi connectivity index (χ3v) is 8.99. The van der Waals surface area contributed by atoms with E-state index >= 15 is 0 Å². The Morgan fingerprint density at radius 3 is 2.56 bits per heavy atom. The Morgan fingerprint density at radius 1 is 1.03 bits per heavy atom.